The SMILES string of the molecule is N#CC1CCC(Oc2cc3nc(C4CCOCC4)cn3cc2NC(=O)c2cccc(C(F)F)n2)C1. The van der Waals surface area contributed by atoms with Gasteiger partial charge >= 0.3 is 0 Å². The number of amides is 1. The molecule has 2 unspecified atom stereocenters. The number of nitrogens with zero attached hydrogens (tertiary/aromatic N) is 4. The van der Waals surface area contributed by atoms with Crippen molar-refractivity contribution in [2.45, 2.75) is 50.6 Å². The number of ether oxygens (including phenoxy) is 2. The first-order valence-electron chi connectivity index (χ1n) is 11.7. The first kappa shape index (κ1) is 23.2. The van der Waals surface area contributed by atoms with E-state index in [2.05, 4.69) is 16.4 Å². The summed E-state index contributed by atoms with van der Waals surface area (Å²) >= 11 is 0. The van der Waals surface area contributed by atoms with Crippen molar-refractivity contribution >= 4 is 17.2 Å². The number of fused-ring (bicyclic) bond motifs is 1. The Morgan fingerprint density at radius 1 is 1.20 bits per heavy atom. The van der Waals surface area contributed by atoms with Crippen LogP contribution >= 0.6 is 0 Å². The molecule has 2 atom stereocenters. The second-order valence-electron chi connectivity index (χ2n) is 8.95. The zero-order valence-corrected chi connectivity index (χ0v) is 19.0. The lowest BCUT2D eigenvalue weighted by molar-refractivity contribution is 0.0846. The Morgan fingerprint density at radius 3 is 2.77 bits per heavy atom. The van der Waals surface area contributed by atoms with E-state index >= 15 is 0 Å². The maximum Gasteiger partial charge on any atom is 0.280 e. The zero-order chi connectivity index (χ0) is 24.4. The number of hydrogen-bond acceptors (Lipinski definition) is 6. The zero-order valence-electron chi connectivity index (χ0n) is 19.0. The summed E-state index contributed by atoms with van der Waals surface area (Å²) in [6.07, 6.45) is 4.58. The normalized spacial score (nSPS) is 20.7. The Balaban J connectivity index is 1.46. The van der Waals surface area contributed by atoms with Crippen LogP contribution in [0.4, 0.5) is 14.5 Å². The third-order valence-electron chi connectivity index (χ3n) is 6.55. The molecule has 0 bridgehead atoms. The van der Waals surface area contributed by atoms with Crippen molar-refractivity contribution in [3.63, 3.8) is 0 Å². The number of aromatic nitrogens is 3. The average Bonchev–Trinajstić information content (AvgIpc) is 3.51. The largest absolute Gasteiger partial charge is 0.488 e. The predicted molar refractivity (Wildman–Crippen MR) is 123 cm³/mol. The summed E-state index contributed by atoms with van der Waals surface area (Å²) in [5, 5.41) is 12.0. The van der Waals surface area contributed by atoms with Gasteiger partial charge < -0.3 is 19.2 Å². The molecule has 8 nitrogen and oxygen atoms in total. The topological polar surface area (TPSA) is 102 Å². The molecule has 35 heavy (non-hydrogen) atoms. The first-order chi connectivity index (χ1) is 17.0. The molecule has 4 heterocycles. The van der Waals surface area contributed by atoms with E-state index in [0.29, 0.717) is 42.6 Å². The number of imidazole rings is 1. The van der Waals surface area contributed by atoms with Gasteiger partial charge in [0.1, 0.15) is 34.6 Å². The average molecular weight is 482 g/mol. The number of alkyl halides is 2. The highest BCUT2D eigenvalue weighted by Crippen LogP contribution is 2.35. The fraction of sp³-hybridized carbons (Fsp3) is 0.440. The van der Waals surface area contributed by atoms with E-state index in [4.69, 9.17) is 14.5 Å². The third kappa shape index (κ3) is 5.10. The van der Waals surface area contributed by atoms with Crippen LogP contribution in [0.3, 0.4) is 0 Å². The number of hydrogen-bond donors (Lipinski definition) is 1. The van der Waals surface area contributed by atoms with Crippen LogP contribution in [0.5, 0.6) is 5.75 Å². The van der Waals surface area contributed by atoms with E-state index in [0.717, 1.165) is 31.4 Å². The summed E-state index contributed by atoms with van der Waals surface area (Å²) in [4.78, 5) is 21.5. The molecule has 2 fully saturated rings. The van der Waals surface area contributed by atoms with Crippen molar-refractivity contribution < 1.29 is 23.0 Å². The van der Waals surface area contributed by atoms with Gasteiger partial charge in [0.05, 0.1) is 11.8 Å². The van der Waals surface area contributed by atoms with Crippen molar-refractivity contribution in [3.8, 4) is 11.8 Å². The van der Waals surface area contributed by atoms with Gasteiger partial charge in [-0.3, -0.25) is 4.79 Å². The Labute approximate surface area is 200 Å². The molecule has 0 radical (unpaired) electrons. The lowest BCUT2D eigenvalue weighted by Gasteiger charge is -2.19. The van der Waals surface area contributed by atoms with Gasteiger partial charge in [-0.05, 0) is 37.8 Å². The minimum absolute atomic E-state index is 0.0605. The summed E-state index contributed by atoms with van der Waals surface area (Å²) in [6, 6.07) is 7.99. The van der Waals surface area contributed by atoms with Crippen LogP contribution in [0.1, 0.15) is 66.3 Å². The monoisotopic (exact) mass is 481 g/mol. The van der Waals surface area contributed by atoms with Gasteiger partial charge in [-0.15, -0.1) is 0 Å². The van der Waals surface area contributed by atoms with Crippen molar-refractivity contribution in [1.82, 2.24) is 14.4 Å². The number of anilines is 1. The van der Waals surface area contributed by atoms with Gasteiger partial charge in [-0.25, -0.2) is 18.7 Å². The number of nitriles is 1. The minimum atomic E-state index is -2.78. The second kappa shape index (κ2) is 9.96. The molecule has 1 saturated heterocycles. The maximum atomic E-state index is 13.1. The van der Waals surface area contributed by atoms with Crippen LogP contribution in [-0.4, -0.2) is 39.6 Å². The van der Waals surface area contributed by atoms with Gasteiger partial charge in [-0.2, -0.15) is 5.26 Å². The van der Waals surface area contributed by atoms with E-state index in [1.807, 2.05) is 10.6 Å². The van der Waals surface area contributed by atoms with Crippen molar-refractivity contribution in [2.24, 2.45) is 5.92 Å². The highest BCUT2D eigenvalue weighted by molar-refractivity contribution is 6.03. The molecule has 1 amide bonds. The highest BCUT2D eigenvalue weighted by atomic mass is 19.3. The van der Waals surface area contributed by atoms with E-state index < -0.39 is 18.0 Å². The van der Waals surface area contributed by atoms with E-state index in [9.17, 15) is 18.8 Å². The first-order valence-corrected chi connectivity index (χ1v) is 11.7. The fourth-order valence-electron chi connectivity index (χ4n) is 4.65. The Bertz CT molecular complexity index is 1270. The van der Waals surface area contributed by atoms with E-state index in [1.165, 1.54) is 18.2 Å². The molecule has 3 aromatic rings. The van der Waals surface area contributed by atoms with Gasteiger partial charge in [-0.1, -0.05) is 6.07 Å². The maximum absolute atomic E-state index is 13.1. The molecule has 0 spiro atoms. The van der Waals surface area contributed by atoms with Crippen molar-refractivity contribution in [1.29, 1.82) is 5.26 Å². The second-order valence-corrected chi connectivity index (χ2v) is 8.95. The summed E-state index contributed by atoms with van der Waals surface area (Å²) in [5.74, 6) is 0.0274. The van der Waals surface area contributed by atoms with Crippen LogP contribution < -0.4 is 10.1 Å². The van der Waals surface area contributed by atoms with E-state index in [-0.39, 0.29) is 17.7 Å². The van der Waals surface area contributed by atoms with Gasteiger partial charge in [0.2, 0.25) is 0 Å². The lowest BCUT2D eigenvalue weighted by atomic mass is 9.97. The number of carbonyl (C=O) groups is 1. The number of pyridine rings is 2. The van der Waals surface area contributed by atoms with Crippen LogP contribution in [0.2, 0.25) is 0 Å². The molecule has 0 aromatic carbocycles. The molecule has 1 aliphatic heterocycles. The van der Waals surface area contributed by atoms with Crippen LogP contribution in [-0.2, 0) is 4.74 Å². The molecule has 1 N–H and O–H groups in total. The Hall–Kier alpha value is -3.58. The quantitative estimate of drug-likeness (QED) is 0.538. The molecular weight excluding hydrogens is 456 g/mol. The molecule has 2 aliphatic rings. The molecule has 5 rings (SSSR count). The standard InChI is InChI=1S/C25H25F2N5O3/c26-24(27)18-2-1-3-19(29-18)25(33)31-21-14-32-13-20(16-6-8-34-9-7-16)30-23(32)11-22(21)35-17-5-4-15(10-17)12-28/h1-3,11,13-17,24H,4-10H2,(H,31,33). The smallest absolute Gasteiger partial charge is 0.280 e. The Kier molecular flexibility index (Phi) is 6.59. The number of carbonyl (C=O) groups excluding carboxylic acids is 1. The van der Waals surface area contributed by atoms with Gasteiger partial charge in [0, 0.05) is 49.9 Å². The Morgan fingerprint density at radius 2 is 2.03 bits per heavy atom. The molecule has 1 saturated carbocycles. The van der Waals surface area contributed by atoms with Crippen molar-refractivity contribution in [2.75, 3.05) is 18.5 Å². The minimum Gasteiger partial charge on any atom is -0.488 e. The van der Waals surface area contributed by atoms with Crippen LogP contribution in [0.25, 0.3) is 5.65 Å². The predicted octanol–water partition coefficient (Wildman–Crippen LogP) is 4.88. The van der Waals surface area contributed by atoms with Gasteiger partial charge in [0.25, 0.3) is 12.3 Å². The lowest BCUT2D eigenvalue weighted by Crippen LogP contribution is -2.18. The molecule has 1 aliphatic carbocycles. The summed E-state index contributed by atoms with van der Waals surface area (Å²) in [7, 11) is 0. The summed E-state index contributed by atoms with van der Waals surface area (Å²) < 4.78 is 39.6. The number of nitrogens with one attached hydrogen (secondary N) is 1. The molecule has 10 heteroatoms. The molecular formula is C25H25F2N5O3. The molecule has 182 valence electrons. The number of rotatable bonds is 6. The van der Waals surface area contributed by atoms with E-state index in [1.54, 1.807) is 12.3 Å². The molecule has 3 aromatic heterocycles. The van der Waals surface area contributed by atoms with Crippen molar-refractivity contribution in [3.05, 3.63) is 53.7 Å². The number of halogens is 2. The van der Waals surface area contributed by atoms with Gasteiger partial charge in [0.15, 0.2) is 0 Å². The third-order valence-corrected chi connectivity index (χ3v) is 6.55. The summed E-state index contributed by atoms with van der Waals surface area (Å²) in [5.41, 5.74) is 1.41. The highest BCUT2D eigenvalue weighted by Gasteiger charge is 2.28. The van der Waals surface area contributed by atoms with Crippen LogP contribution in [0, 0.1) is 17.2 Å². The summed E-state index contributed by atoms with van der Waals surface area (Å²) in [6.45, 7) is 1.39. The fourth-order valence-corrected chi connectivity index (χ4v) is 4.65. The van der Waals surface area contributed by atoms with Crippen LogP contribution in [0.15, 0.2) is 36.7 Å².